The SMILES string of the molecule is OP(O)(Cc1ccccc1)(c1ccccc1)c1ccccc1. The molecular formula is C19H19O2P. The van der Waals surface area contributed by atoms with Crippen molar-refractivity contribution in [1.29, 1.82) is 0 Å². The molecule has 0 bridgehead atoms. The van der Waals surface area contributed by atoms with Gasteiger partial charge in [-0.05, 0) is 0 Å². The fraction of sp³-hybridized carbons (Fsp3) is 0.0526. The van der Waals surface area contributed by atoms with Crippen LogP contribution >= 0.6 is 7.06 Å². The maximum absolute atomic E-state index is 11.6. The monoisotopic (exact) mass is 310 g/mol. The van der Waals surface area contributed by atoms with Gasteiger partial charge >= 0.3 is 130 Å². The van der Waals surface area contributed by atoms with E-state index in [0.717, 1.165) is 5.56 Å². The van der Waals surface area contributed by atoms with E-state index in [1.54, 1.807) is 24.3 Å². The summed E-state index contributed by atoms with van der Waals surface area (Å²) >= 11 is 0. The summed E-state index contributed by atoms with van der Waals surface area (Å²) in [5, 5.41) is 1.17. The first kappa shape index (κ1) is 14.9. The fourth-order valence-corrected chi connectivity index (χ4v) is 5.91. The molecule has 2 nitrogen and oxygen atoms in total. The van der Waals surface area contributed by atoms with Crippen LogP contribution in [0, 0.1) is 0 Å². The van der Waals surface area contributed by atoms with E-state index < -0.39 is 7.06 Å². The van der Waals surface area contributed by atoms with Crippen LogP contribution in [0.25, 0.3) is 0 Å². The van der Waals surface area contributed by atoms with E-state index in [2.05, 4.69) is 0 Å². The Hall–Kier alpha value is -1.99. The van der Waals surface area contributed by atoms with Gasteiger partial charge in [0.2, 0.25) is 0 Å². The molecule has 2 N–H and O–H groups in total. The molecule has 0 amide bonds. The summed E-state index contributed by atoms with van der Waals surface area (Å²) in [6.45, 7) is 0. The van der Waals surface area contributed by atoms with Gasteiger partial charge in [-0.25, -0.2) is 0 Å². The van der Waals surface area contributed by atoms with Crippen LogP contribution in [0.4, 0.5) is 0 Å². The van der Waals surface area contributed by atoms with Crippen molar-refractivity contribution in [2.75, 3.05) is 0 Å². The first-order valence-corrected chi connectivity index (χ1v) is 9.58. The van der Waals surface area contributed by atoms with Crippen LogP contribution < -0.4 is 10.6 Å². The second-order valence-electron chi connectivity index (χ2n) is 5.52. The van der Waals surface area contributed by atoms with Gasteiger partial charge in [-0.3, -0.25) is 0 Å². The molecule has 3 rings (SSSR count). The third-order valence-corrected chi connectivity index (χ3v) is 7.65. The van der Waals surface area contributed by atoms with Gasteiger partial charge < -0.3 is 0 Å². The van der Waals surface area contributed by atoms with Gasteiger partial charge in [0.05, 0.1) is 0 Å². The fourth-order valence-electron chi connectivity index (χ4n) is 2.74. The van der Waals surface area contributed by atoms with Crippen molar-refractivity contribution in [3.8, 4) is 0 Å². The molecule has 22 heavy (non-hydrogen) atoms. The summed E-state index contributed by atoms with van der Waals surface area (Å²) in [4.78, 5) is 23.1. The predicted octanol–water partition coefficient (Wildman–Crippen LogP) is 3.21. The molecule has 0 saturated heterocycles. The number of rotatable bonds is 4. The third kappa shape index (κ3) is 2.69. The van der Waals surface area contributed by atoms with Gasteiger partial charge in [0.1, 0.15) is 0 Å². The van der Waals surface area contributed by atoms with Crippen LogP contribution in [0.5, 0.6) is 0 Å². The standard InChI is InChI=1S/C19H19O2P/c20-22(21,18-12-6-2-7-13-18,19-14-8-3-9-15-19)16-17-10-4-1-5-11-17/h1-15,20-21H,16H2. The van der Waals surface area contributed by atoms with Gasteiger partial charge in [0.15, 0.2) is 0 Å². The zero-order valence-corrected chi connectivity index (χ0v) is 13.1. The van der Waals surface area contributed by atoms with Crippen molar-refractivity contribution in [3.05, 3.63) is 96.6 Å². The van der Waals surface area contributed by atoms with Gasteiger partial charge in [0, 0.05) is 0 Å². The van der Waals surface area contributed by atoms with Crippen LogP contribution in [-0.4, -0.2) is 9.79 Å². The number of hydrogen-bond donors (Lipinski definition) is 2. The molecule has 0 fully saturated rings. The Morgan fingerprint density at radius 2 is 0.909 bits per heavy atom. The topological polar surface area (TPSA) is 40.5 Å². The summed E-state index contributed by atoms with van der Waals surface area (Å²) in [5.41, 5.74) is 0.915. The van der Waals surface area contributed by atoms with Crippen molar-refractivity contribution < 1.29 is 9.79 Å². The van der Waals surface area contributed by atoms with E-state index in [1.165, 1.54) is 0 Å². The first-order valence-electron chi connectivity index (χ1n) is 7.25. The molecule has 0 saturated carbocycles. The van der Waals surface area contributed by atoms with E-state index in [-0.39, 0.29) is 6.16 Å². The minimum absolute atomic E-state index is 0.209. The van der Waals surface area contributed by atoms with Crippen LogP contribution in [0.3, 0.4) is 0 Å². The Morgan fingerprint density at radius 1 is 0.545 bits per heavy atom. The van der Waals surface area contributed by atoms with E-state index in [0.29, 0.717) is 10.6 Å². The Morgan fingerprint density at radius 3 is 1.32 bits per heavy atom. The molecule has 3 aromatic rings. The van der Waals surface area contributed by atoms with Crippen molar-refractivity contribution in [1.82, 2.24) is 0 Å². The first-order chi connectivity index (χ1) is 10.6. The minimum atomic E-state index is -4.24. The molecular weight excluding hydrogens is 291 g/mol. The molecule has 0 unspecified atom stereocenters. The molecule has 0 spiro atoms. The van der Waals surface area contributed by atoms with E-state index in [1.807, 2.05) is 66.7 Å². The zero-order chi connectivity index (χ0) is 15.5. The van der Waals surface area contributed by atoms with Crippen LogP contribution in [0.15, 0.2) is 91.0 Å². The van der Waals surface area contributed by atoms with Crippen molar-refractivity contribution >= 4 is 17.7 Å². The average Bonchev–Trinajstić information content (AvgIpc) is 2.57. The Labute approximate surface area is 130 Å². The van der Waals surface area contributed by atoms with Gasteiger partial charge in [-0.1, -0.05) is 0 Å². The maximum atomic E-state index is 11.6. The van der Waals surface area contributed by atoms with E-state index in [9.17, 15) is 9.79 Å². The molecule has 112 valence electrons. The normalized spacial score (nSPS) is 13.3. The van der Waals surface area contributed by atoms with Gasteiger partial charge in [0.25, 0.3) is 0 Å². The third-order valence-electron chi connectivity index (χ3n) is 3.92. The summed E-state index contributed by atoms with van der Waals surface area (Å²) in [6.07, 6.45) is 0.209. The molecule has 0 radical (unpaired) electrons. The van der Waals surface area contributed by atoms with Crippen LogP contribution in [0.1, 0.15) is 5.56 Å². The molecule has 0 aromatic heterocycles. The van der Waals surface area contributed by atoms with Crippen molar-refractivity contribution in [2.45, 2.75) is 6.16 Å². The molecule has 0 aliphatic carbocycles. The molecule has 0 atom stereocenters. The quantitative estimate of drug-likeness (QED) is 0.727. The predicted molar refractivity (Wildman–Crippen MR) is 93.7 cm³/mol. The van der Waals surface area contributed by atoms with Crippen molar-refractivity contribution in [2.24, 2.45) is 0 Å². The molecule has 3 aromatic carbocycles. The van der Waals surface area contributed by atoms with Crippen LogP contribution in [0.2, 0.25) is 0 Å². The summed E-state index contributed by atoms with van der Waals surface area (Å²) in [7, 11) is -4.24. The van der Waals surface area contributed by atoms with Crippen molar-refractivity contribution in [3.63, 3.8) is 0 Å². The summed E-state index contributed by atoms with van der Waals surface area (Å²) < 4.78 is 0. The average molecular weight is 310 g/mol. The molecule has 0 aliphatic rings. The van der Waals surface area contributed by atoms with E-state index >= 15 is 0 Å². The second kappa shape index (κ2) is 5.66. The summed E-state index contributed by atoms with van der Waals surface area (Å²) in [6, 6.07) is 28.0. The Bertz CT molecular complexity index is 697. The second-order valence-corrected chi connectivity index (χ2v) is 9.26. The number of benzene rings is 3. The van der Waals surface area contributed by atoms with Gasteiger partial charge in [-0.2, -0.15) is 0 Å². The number of hydrogen-bond acceptors (Lipinski definition) is 2. The Balaban J connectivity index is 2.19. The summed E-state index contributed by atoms with van der Waals surface area (Å²) in [5.74, 6) is 0. The van der Waals surface area contributed by atoms with Crippen LogP contribution in [-0.2, 0) is 6.16 Å². The van der Waals surface area contributed by atoms with Gasteiger partial charge in [-0.15, -0.1) is 0 Å². The molecule has 3 heteroatoms. The van der Waals surface area contributed by atoms with E-state index in [4.69, 9.17) is 0 Å². The zero-order valence-electron chi connectivity index (χ0n) is 12.2. The molecule has 0 aliphatic heterocycles. The Kier molecular flexibility index (Phi) is 3.84. The molecule has 0 heterocycles.